The Morgan fingerprint density at radius 2 is 1.68 bits per heavy atom. The van der Waals surface area contributed by atoms with Crippen molar-refractivity contribution < 1.29 is 5.11 Å². The maximum absolute atomic E-state index is 10.6. The number of aliphatic hydroxyl groups is 1. The first-order valence-electron chi connectivity index (χ1n) is 8.25. The standard InChI is InChI=1S/C20H25NO/c1-16(18-10-6-3-7-11-18)21-13-12-19(20(22)15-21)14-17-8-4-2-5-9-17/h2-11,16,19-20,22H,12-15H2,1H3/t16-,19-,20-/m1/s1. The van der Waals surface area contributed by atoms with Gasteiger partial charge in [-0.05, 0) is 43.4 Å². The third kappa shape index (κ3) is 3.57. The van der Waals surface area contributed by atoms with Crippen molar-refractivity contribution in [2.24, 2.45) is 5.92 Å². The Morgan fingerprint density at radius 1 is 1.05 bits per heavy atom. The number of hydrogen-bond donors (Lipinski definition) is 1. The fourth-order valence-electron chi connectivity index (χ4n) is 3.45. The lowest BCUT2D eigenvalue weighted by Gasteiger charge is -2.39. The van der Waals surface area contributed by atoms with E-state index in [-0.39, 0.29) is 6.10 Å². The molecule has 3 atom stereocenters. The first-order valence-corrected chi connectivity index (χ1v) is 8.25. The highest BCUT2D eigenvalue weighted by Gasteiger charge is 2.30. The Hall–Kier alpha value is -1.64. The minimum Gasteiger partial charge on any atom is -0.391 e. The van der Waals surface area contributed by atoms with Crippen molar-refractivity contribution in [2.45, 2.75) is 31.9 Å². The van der Waals surface area contributed by atoms with E-state index in [0.29, 0.717) is 12.0 Å². The van der Waals surface area contributed by atoms with Crippen LogP contribution in [0.3, 0.4) is 0 Å². The molecule has 2 heteroatoms. The summed E-state index contributed by atoms with van der Waals surface area (Å²) in [7, 11) is 0. The molecule has 0 amide bonds. The molecule has 1 aliphatic heterocycles. The molecule has 3 rings (SSSR count). The molecule has 0 saturated carbocycles. The van der Waals surface area contributed by atoms with Gasteiger partial charge in [0.15, 0.2) is 0 Å². The summed E-state index contributed by atoms with van der Waals surface area (Å²) in [6.07, 6.45) is 1.81. The van der Waals surface area contributed by atoms with Crippen LogP contribution < -0.4 is 0 Å². The fourth-order valence-corrected chi connectivity index (χ4v) is 3.45. The van der Waals surface area contributed by atoms with Gasteiger partial charge in [-0.2, -0.15) is 0 Å². The van der Waals surface area contributed by atoms with Crippen molar-refractivity contribution in [1.82, 2.24) is 4.90 Å². The lowest BCUT2D eigenvalue weighted by atomic mass is 9.87. The van der Waals surface area contributed by atoms with Crippen LogP contribution in [0.25, 0.3) is 0 Å². The molecule has 116 valence electrons. The first kappa shape index (κ1) is 15.3. The van der Waals surface area contributed by atoms with Crippen LogP contribution in [-0.2, 0) is 6.42 Å². The number of nitrogens with zero attached hydrogens (tertiary/aromatic N) is 1. The van der Waals surface area contributed by atoms with Crippen molar-refractivity contribution in [3.05, 3.63) is 71.8 Å². The lowest BCUT2D eigenvalue weighted by molar-refractivity contribution is 0.00631. The van der Waals surface area contributed by atoms with Crippen LogP contribution in [0.1, 0.15) is 30.5 Å². The quantitative estimate of drug-likeness (QED) is 0.930. The van der Waals surface area contributed by atoms with E-state index in [4.69, 9.17) is 0 Å². The Bertz CT molecular complexity index is 569. The Morgan fingerprint density at radius 3 is 2.32 bits per heavy atom. The van der Waals surface area contributed by atoms with Crippen LogP contribution >= 0.6 is 0 Å². The van der Waals surface area contributed by atoms with E-state index >= 15 is 0 Å². The second kappa shape index (κ2) is 7.08. The minimum atomic E-state index is -0.236. The molecule has 1 saturated heterocycles. The predicted molar refractivity (Wildman–Crippen MR) is 90.7 cm³/mol. The van der Waals surface area contributed by atoms with Crippen molar-refractivity contribution in [1.29, 1.82) is 0 Å². The summed E-state index contributed by atoms with van der Waals surface area (Å²) in [6, 6.07) is 21.5. The van der Waals surface area contributed by atoms with Gasteiger partial charge >= 0.3 is 0 Å². The number of rotatable bonds is 4. The number of aliphatic hydroxyl groups excluding tert-OH is 1. The zero-order valence-corrected chi connectivity index (χ0v) is 13.2. The molecule has 0 radical (unpaired) electrons. The second-order valence-electron chi connectivity index (χ2n) is 6.39. The number of β-amino-alcohol motifs (C(OH)–C–C–N with tert-alkyl or cyclic N) is 1. The highest BCUT2D eigenvalue weighted by molar-refractivity contribution is 5.19. The van der Waals surface area contributed by atoms with Crippen LogP contribution in [0.5, 0.6) is 0 Å². The Balaban J connectivity index is 1.60. The van der Waals surface area contributed by atoms with Gasteiger partial charge in [-0.1, -0.05) is 60.7 Å². The summed E-state index contributed by atoms with van der Waals surface area (Å²) in [6.45, 7) is 4.07. The molecule has 22 heavy (non-hydrogen) atoms. The van der Waals surface area contributed by atoms with Gasteiger partial charge in [0.25, 0.3) is 0 Å². The Kier molecular flexibility index (Phi) is 4.91. The molecule has 1 fully saturated rings. The predicted octanol–water partition coefficient (Wildman–Crippen LogP) is 3.67. The van der Waals surface area contributed by atoms with Crippen molar-refractivity contribution in [2.75, 3.05) is 13.1 Å². The molecule has 2 aromatic carbocycles. The maximum atomic E-state index is 10.6. The van der Waals surface area contributed by atoms with Crippen LogP contribution in [0.4, 0.5) is 0 Å². The third-order valence-corrected chi connectivity index (χ3v) is 4.92. The minimum absolute atomic E-state index is 0.236. The summed E-state index contributed by atoms with van der Waals surface area (Å²) in [5, 5.41) is 10.6. The van der Waals surface area contributed by atoms with Crippen molar-refractivity contribution >= 4 is 0 Å². The van der Waals surface area contributed by atoms with E-state index in [1.54, 1.807) is 0 Å². The molecule has 0 aliphatic carbocycles. The van der Waals surface area contributed by atoms with E-state index < -0.39 is 0 Å². The van der Waals surface area contributed by atoms with Crippen molar-refractivity contribution in [3.8, 4) is 0 Å². The second-order valence-corrected chi connectivity index (χ2v) is 6.39. The summed E-state index contributed by atoms with van der Waals surface area (Å²) in [5.41, 5.74) is 2.66. The summed E-state index contributed by atoms with van der Waals surface area (Å²) < 4.78 is 0. The van der Waals surface area contributed by atoms with Crippen LogP contribution in [-0.4, -0.2) is 29.2 Å². The molecule has 0 bridgehead atoms. The normalized spacial score (nSPS) is 24.1. The van der Waals surface area contributed by atoms with Crippen LogP contribution in [0.15, 0.2) is 60.7 Å². The number of hydrogen-bond acceptors (Lipinski definition) is 2. The Labute approximate surface area is 133 Å². The van der Waals surface area contributed by atoms with E-state index in [1.807, 2.05) is 6.07 Å². The SMILES string of the molecule is C[C@H](c1ccccc1)N1CC[C@H](Cc2ccccc2)[C@H](O)C1. The van der Waals surface area contributed by atoms with Crippen molar-refractivity contribution in [3.63, 3.8) is 0 Å². The fraction of sp³-hybridized carbons (Fsp3) is 0.400. The van der Waals surface area contributed by atoms with E-state index in [2.05, 4.69) is 66.4 Å². The van der Waals surface area contributed by atoms with E-state index in [0.717, 1.165) is 25.9 Å². The molecule has 2 nitrogen and oxygen atoms in total. The summed E-state index contributed by atoms with van der Waals surface area (Å²) in [5.74, 6) is 0.377. The highest BCUT2D eigenvalue weighted by atomic mass is 16.3. The molecule has 1 N–H and O–H groups in total. The zero-order valence-electron chi connectivity index (χ0n) is 13.2. The maximum Gasteiger partial charge on any atom is 0.0699 e. The van der Waals surface area contributed by atoms with Gasteiger partial charge in [-0.15, -0.1) is 0 Å². The smallest absolute Gasteiger partial charge is 0.0699 e. The molecule has 1 aliphatic rings. The number of benzene rings is 2. The van der Waals surface area contributed by atoms with Crippen LogP contribution in [0.2, 0.25) is 0 Å². The molecule has 0 spiro atoms. The van der Waals surface area contributed by atoms with Gasteiger partial charge < -0.3 is 5.11 Å². The van der Waals surface area contributed by atoms with Crippen LogP contribution in [0, 0.1) is 5.92 Å². The topological polar surface area (TPSA) is 23.5 Å². The third-order valence-electron chi connectivity index (χ3n) is 4.92. The molecule has 1 heterocycles. The van der Waals surface area contributed by atoms with Gasteiger partial charge in [-0.25, -0.2) is 0 Å². The van der Waals surface area contributed by atoms with Gasteiger partial charge in [0, 0.05) is 12.6 Å². The monoisotopic (exact) mass is 295 g/mol. The first-order chi connectivity index (χ1) is 10.7. The average Bonchev–Trinajstić information content (AvgIpc) is 2.58. The summed E-state index contributed by atoms with van der Waals surface area (Å²) >= 11 is 0. The molecule has 0 unspecified atom stereocenters. The van der Waals surface area contributed by atoms with E-state index in [1.165, 1.54) is 11.1 Å². The van der Waals surface area contributed by atoms with Gasteiger partial charge in [0.05, 0.1) is 6.10 Å². The molecular weight excluding hydrogens is 270 g/mol. The van der Waals surface area contributed by atoms with Gasteiger partial charge in [-0.3, -0.25) is 4.90 Å². The largest absolute Gasteiger partial charge is 0.391 e. The number of piperidine rings is 1. The molecule has 0 aromatic heterocycles. The lowest BCUT2D eigenvalue weighted by Crippen LogP contribution is -2.45. The molecule has 2 aromatic rings. The summed E-state index contributed by atoms with van der Waals surface area (Å²) in [4.78, 5) is 2.40. The van der Waals surface area contributed by atoms with Gasteiger partial charge in [0.2, 0.25) is 0 Å². The van der Waals surface area contributed by atoms with E-state index in [9.17, 15) is 5.11 Å². The number of likely N-dealkylation sites (tertiary alicyclic amines) is 1. The zero-order chi connectivity index (χ0) is 15.4. The average molecular weight is 295 g/mol. The van der Waals surface area contributed by atoms with Gasteiger partial charge in [0.1, 0.15) is 0 Å². The highest BCUT2D eigenvalue weighted by Crippen LogP contribution is 2.28. The molecular formula is C20H25NO.